The number of hydrogen-bond donors (Lipinski definition) is 1. The van der Waals surface area contributed by atoms with Crippen molar-refractivity contribution in [2.45, 2.75) is 45.1 Å². The Kier molecular flexibility index (Phi) is 4.65. The average molecular weight is 266 g/mol. The minimum Gasteiger partial charge on any atom is -0.382 e. The zero-order valence-electron chi connectivity index (χ0n) is 10.8. The minimum absolute atomic E-state index is 0.258. The maximum atomic E-state index is 11.4. The minimum atomic E-state index is 0.258. The topological polar surface area (TPSA) is 29.1 Å². The first-order valence-corrected chi connectivity index (χ1v) is 7.04. The third-order valence-corrected chi connectivity index (χ3v) is 3.92. The molecule has 3 heteroatoms. The summed E-state index contributed by atoms with van der Waals surface area (Å²) in [5.74, 6) is 0.887. The Bertz CT molecular complexity index is 395. The zero-order chi connectivity index (χ0) is 13.0. The number of halogens is 1. The van der Waals surface area contributed by atoms with E-state index in [1.807, 2.05) is 24.3 Å². The van der Waals surface area contributed by atoms with Gasteiger partial charge in [0.1, 0.15) is 5.78 Å². The second-order valence-corrected chi connectivity index (χ2v) is 5.64. The maximum Gasteiger partial charge on any atom is 0.131 e. The van der Waals surface area contributed by atoms with Crippen molar-refractivity contribution < 1.29 is 4.79 Å². The lowest BCUT2D eigenvalue weighted by Crippen LogP contribution is -2.29. The van der Waals surface area contributed by atoms with Crippen molar-refractivity contribution >= 4 is 23.1 Å². The molecule has 98 valence electrons. The molecule has 0 radical (unpaired) electrons. The molecule has 2 nitrogen and oxygen atoms in total. The van der Waals surface area contributed by atoms with Crippen LogP contribution in [0.15, 0.2) is 24.3 Å². The van der Waals surface area contributed by atoms with E-state index in [9.17, 15) is 4.79 Å². The SMILES string of the molecule is CC(=O)C[C@H](Nc1ccc(Cl)cc1)C1CCCC1. The van der Waals surface area contributed by atoms with Crippen LogP contribution in [0.3, 0.4) is 0 Å². The van der Waals surface area contributed by atoms with Crippen molar-refractivity contribution in [2.24, 2.45) is 5.92 Å². The van der Waals surface area contributed by atoms with Crippen LogP contribution < -0.4 is 5.32 Å². The first kappa shape index (κ1) is 13.4. The highest BCUT2D eigenvalue weighted by Crippen LogP contribution is 2.31. The number of carbonyl (C=O) groups is 1. The van der Waals surface area contributed by atoms with E-state index in [-0.39, 0.29) is 11.8 Å². The normalized spacial score (nSPS) is 17.7. The van der Waals surface area contributed by atoms with E-state index >= 15 is 0 Å². The Morgan fingerprint density at radius 1 is 1.33 bits per heavy atom. The van der Waals surface area contributed by atoms with Crippen molar-refractivity contribution in [3.8, 4) is 0 Å². The average Bonchev–Trinajstić information content (AvgIpc) is 2.84. The fourth-order valence-corrected chi connectivity index (χ4v) is 2.89. The summed E-state index contributed by atoms with van der Waals surface area (Å²) in [7, 11) is 0. The molecular weight excluding hydrogens is 246 g/mol. The van der Waals surface area contributed by atoms with Gasteiger partial charge in [0.25, 0.3) is 0 Å². The largest absolute Gasteiger partial charge is 0.382 e. The molecule has 0 saturated heterocycles. The molecule has 0 spiro atoms. The zero-order valence-corrected chi connectivity index (χ0v) is 11.5. The van der Waals surface area contributed by atoms with Crippen molar-refractivity contribution in [1.82, 2.24) is 0 Å². The van der Waals surface area contributed by atoms with Crippen molar-refractivity contribution in [3.05, 3.63) is 29.3 Å². The predicted octanol–water partition coefficient (Wildman–Crippen LogP) is 4.29. The molecule has 1 atom stereocenters. The quantitative estimate of drug-likeness (QED) is 0.860. The summed E-state index contributed by atoms with van der Waals surface area (Å²) < 4.78 is 0. The molecule has 1 aliphatic rings. The molecule has 1 aromatic carbocycles. The van der Waals surface area contributed by atoms with Crippen LogP contribution in [-0.2, 0) is 4.79 Å². The van der Waals surface area contributed by atoms with Crippen LogP contribution in [0.25, 0.3) is 0 Å². The van der Waals surface area contributed by atoms with Crippen LogP contribution >= 0.6 is 11.6 Å². The van der Waals surface area contributed by atoms with E-state index in [2.05, 4.69) is 5.32 Å². The lowest BCUT2D eigenvalue weighted by Gasteiger charge is -2.25. The molecule has 18 heavy (non-hydrogen) atoms. The highest BCUT2D eigenvalue weighted by molar-refractivity contribution is 6.30. The van der Waals surface area contributed by atoms with Crippen LogP contribution in [0.1, 0.15) is 39.0 Å². The number of carbonyl (C=O) groups excluding carboxylic acids is 1. The highest BCUT2D eigenvalue weighted by Gasteiger charge is 2.25. The molecule has 1 aromatic rings. The van der Waals surface area contributed by atoms with E-state index in [0.29, 0.717) is 12.3 Å². The second-order valence-electron chi connectivity index (χ2n) is 5.21. The Hall–Kier alpha value is -1.02. The predicted molar refractivity (Wildman–Crippen MR) is 76.1 cm³/mol. The van der Waals surface area contributed by atoms with Crippen molar-refractivity contribution in [1.29, 1.82) is 0 Å². The fourth-order valence-electron chi connectivity index (χ4n) is 2.77. The first-order chi connectivity index (χ1) is 8.65. The van der Waals surface area contributed by atoms with E-state index < -0.39 is 0 Å². The van der Waals surface area contributed by atoms with Gasteiger partial charge in [-0.05, 0) is 49.9 Å². The van der Waals surface area contributed by atoms with E-state index in [4.69, 9.17) is 11.6 Å². The Morgan fingerprint density at radius 2 is 1.94 bits per heavy atom. The van der Waals surface area contributed by atoms with Gasteiger partial charge in [0.05, 0.1) is 0 Å². The smallest absolute Gasteiger partial charge is 0.131 e. The highest BCUT2D eigenvalue weighted by atomic mass is 35.5. The van der Waals surface area contributed by atoms with Crippen LogP contribution in [0.5, 0.6) is 0 Å². The Labute approximate surface area is 114 Å². The molecule has 0 aliphatic heterocycles. The second kappa shape index (κ2) is 6.24. The van der Waals surface area contributed by atoms with Gasteiger partial charge in [-0.2, -0.15) is 0 Å². The summed E-state index contributed by atoms with van der Waals surface area (Å²) in [6.07, 6.45) is 5.67. The summed E-state index contributed by atoms with van der Waals surface area (Å²) in [6, 6.07) is 7.98. The molecule has 1 N–H and O–H groups in total. The molecule has 1 fully saturated rings. The molecule has 0 unspecified atom stereocenters. The van der Waals surface area contributed by atoms with Crippen LogP contribution in [0.4, 0.5) is 5.69 Å². The molecule has 2 rings (SSSR count). The fraction of sp³-hybridized carbons (Fsp3) is 0.533. The first-order valence-electron chi connectivity index (χ1n) is 6.66. The number of rotatable bonds is 5. The molecule has 0 amide bonds. The third-order valence-electron chi connectivity index (χ3n) is 3.67. The van der Waals surface area contributed by atoms with Crippen molar-refractivity contribution in [2.75, 3.05) is 5.32 Å². The van der Waals surface area contributed by atoms with Crippen LogP contribution in [-0.4, -0.2) is 11.8 Å². The van der Waals surface area contributed by atoms with Gasteiger partial charge >= 0.3 is 0 Å². The van der Waals surface area contributed by atoms with Gasteiger partial charge in [0, 0.05) is 23.2 Å². The number of benzene rings is 1. The summed E-state index contributed by atoms with van der Waals surface area (Å²) >= 11 is 5.88. The molecule has 0 aromatic heterocycles. The van der Waals surface area contributed by atoms with Gasteiger partial charge in [-0.1, -0.05) is 24.4 Å². The number of anilines is 1. The Morgan fingerprint density at radius 3 is 2.50 bits per heavy atom. The van der Waals surface area contributed by atoms with Crippen molar-refractivity contribution in [3.63, 3.8) is 0 Å². The summed E-state index contributed by atoms with van der Waals surface area (Å²) in [4.78, 5) is 11.4. The lowest BCUT2D eigenvalue weighted by atomic mass is 9.93. The third kappa shape index (κ3) is 3.74. The summed E-state index contributed by atoms with van der Waals surface area (Å²) in [6.45, 7) is 1.67. The van der Waals surface area contributed by atoms with Gasteiger partial charge in [-0.25, -0.2) is 0 Å². The number of nitrogens with one attached hydrogen (secondary N) is 1. The molecule has 1 aliphatic carbocycles. The van der Waals surface area contributed by atoms with Gasteiger partial charge in [0.15, 0.2) is 0 Å². The molecule has 0 bridgehead atoms. The number of Topliss-reactive ketones (excluding diaryl/α,β-unsaturated/α-hetero) is 1. The Balaban J connectivity index is 2.03. The standard InChI is InChI=1S/C15H20ClNO/c1-11(18)10-15(12-4-2-3-5-12)17-14-8-6-13(16)7-9-14/h6-9,12,15,17H,2-5,10H2,1H3/t15-/m0/s1. The molecular formula is C15H20ClNO. The lowest BCUT2D eigenvalue weighted by molar-refractivity contribution is -0.117. The van der Waals surface area contributed by atoms with Gasteiger partial charge in [-0.15, -0.1) is 0 Å². The van der Waals surface area contributed by atoms with E-state index in [1.54, 1.807) is 6.92 Å². The van der Waals surface area contributed by atoms with Gasteiger partial charge in [0.2, 0.25) is 0 Å². The van der Waals surface area contributed by atoms with Gasteiger partial charge in [-0.3, -0.25) is 4.79 Å². The van der Waals surface area contributed by atoms with Gasteiger partial charge < -0.3 is 5.32 Å². The monoisotopic (exact) mass is 265 g/mol. The number of hydrogen-bond acceptors (Lipinski definition) is 2. The van der Waals surface area contributed by atoms with Crippen LogP contribution in [0.2, 0.25) is 5.02 Å². The van der Waals surface area contributed by atoms with Crippen LogP contribution in [0, 0.1) is 5.92 Å². The molecule has 1 saturated carbocycles. The number of ketones is 1. The van der Waals surface area contributed by atoms with E-state index in [1.165, 1.54) is 25.7 Å². The summed E-state index contributed by atoms with van der Waals surface area (Å²) in [5, 5.41) is 4.24. The summed E-state index contributed by atoms with van der Waals surface area (Å²) in [5.41, 5.74) is 1.05. The maximum absolute atomic E-state index is 11.4. The molecule has 0 heterocycles. The van der Waals surface area contributed by atoms with E-state index in [0.717, 1.165) is 10.7 Å².